The molecule has 0 radical (unpaired) electrons. The van der Waals surface area contributed by atoms with Crippen LogP contribution in [0.4, 0.5) is 0 Å². The lowest BCUT2D eigenvalue weighted by Gasteiger charge is -2.32. The number of aliphatic hydroxyl groups excluding tert-OH is 1. The van der Waals surface area contributed by atoms with Gasteiger partial charge in [-0.3, -0.25) is 9.48 Å². The van der Waals surface area contributed by atoms with Crippen molar-refractivity contribution >= 4 is 23.5 Å². The average Bonchev–Trinajstić information content (AvgIpc) is 3.17. The van der Waals surface area contributed by atoms with Gasteiger partial charge in [0.15, 0.2) is 0 Å². The number of amides is 1. The van der Waals surface area contributed by atoms with Gasteiger partial charge in [-0.2, -0.15) is 5.10 Å². The second kappa shape index (κ2) is 7.69. The van der Waals surface area contributed by atoms with Gasteiger partial charge in [0.2, 0.25) is 0 Å². The van der Waals surface area contributed by atoms with Crippen molar-refractivity contribution in [2.24, 2.45) is 0 Å². The number of carbonyl (C=O) groups excluding carboxylic acids is 1. The molecule has 4 rings (SSSR count). The summed E-state index contributed by atoms with van der Waals surface area (Å²) in [5.41, 5.74) is 2.70. The van der Waals surface area contributed by atoms with Crippen LogP contribution in [0.25, 0.3) is 11.3 Å². The van der Waals surface area contributed by atoms with E-state index in [-0.39, 0.29) is 37.2 Å². The van der Waals surface area contributed by atoms with E-state index in [0.717, 1.165) is 5.56 Å². The van der Waals surface area contributed by atoms with Gasteiger partial charge >= 0.3 is 5.97 Å². The Labute approximate surface area is 171 Å². The largest absolute Gasteiger partial charge is 0.478 e. The molecule has 1 amide bonds. The first-order valence-corrected chi connectivity index (χ1v) is 9.42. The number of carbonyl (C=O) groups is 2. The van der Waals surface area contributed by atoms with Crippen molar-refractivity contribution in [1.82, 2.24) is 14.7 Å². The molecule has 0 fully saturated rings. The Morgan fingerprint density at radius 1 is 1.17 bits per heavy atom. The van der Waals surface area contributed by atoms with Crippen molar-refractivity contribution in [2.75, 3.05) is 13.2 Å². The molecule has 2 heterocycles. The number of aliphatic hydroxyl groups is 1. The van der Waals surface area contributed by atoms with E-state index < -0.39 is 5.97 Å². The van der Waals surface area contributed by atoms with Crippen molar-refractivity contribution in [3.05, 3.63) is 76.4 Å². The highest BCUT2D eigenvalue weighted by Gasteiger charge is 2.32. The van der Waals surface area contributed by atoms with E-state index in [1.807, 2.05) is 12.1 Å². The molecule has 0 bridgehead atoms. The average molecular weight is 412 g/mol. The summed E-state index contributed by atoms with van der Waals surface area (Å²) < 4.78 is 1.57. The van der Waals surface area contributed by atoms with E-state index in [1.165, 1.54) is 6.07 Å². The fourth-order valence-electron chi connectivity index (χ4n) is 3.47. The molecule has 7 nitrogen and oxygen atoms in total. The molecule has 0 spiro atoms. The first-order chi connectivity index (χ1) is 14.0. The number of hydrogen-bond donors (Lipinski definition) is 2. The molecule has 1 aliphatic heterocycles. The number of fused-ring (bicyclic) bond motifs is 1. The second-order valence-corrected chi connectivity index (χ2v) is 7.33. The highest BCUT2D eigenvalue weighted by atomic mass is 35.5. The third-order valence-corrected chi connectivity index (χ3v) is 5.17. The molecule has 1 aliphatic rings. The molecular weight excluding hydrogens is 394 g/mol. The van der Waals surface area contributed by atoms with Crippen LogP contribution in [0.15, 0.2) is 54.6 Å². The molecule has 0 saturated carbocycles. The number of carboxylic acids is 1. The summed E-state index contributed by atoms with van der Waals surface area (Å²) in [6, 6.07) is 15.0. The minimum absolute atomic E-state index is 0.167. The number of halogens is 1. The van der Waals surface area contributed by atoms with Crippen LogP contribution in [0, 0.1) is 0 Å². The molecular formula is C21H18ClN3O4. The minimum Gasteiger partial charge on any atom is -0.478 e. The molecule has 2 N–H and O–H groups in total. The van der Waals surface area contributed by atoms with Crippen molar-refractivity contribution in [1.29, 1.82) is 0 Å². The van der Waals surface area contributed by atoms with E-state index in [1.54, 1.807) is 46.0 Å². The number of rotatable bonds is 5. The third kappa shape index (κ3) is 3.74. The quantitative estimate of drug-likeness (QED) is 0.672. The number of nitrogens with zero attached hydrogens (tertiary/aromatic N) is 3. The molecule has 2 aromatic carbocycles. The molecule has 148 valence electrons. The lowest BCUT2D eigenvalue weighted by atomic mass is 10.1. The molecule has 29 heavy (non-hydrogen) atoms. The predicted octanol–water partition coefficient (Wildman–Crippen LogP) is 3.09. The zero-order valence-electron chi connectivity index (χ0n) is 15.3. The number of aromatic nitrogens is 2. The topological polar surface area (TPSA) is 95.7 Å². The lowest BCUT2D eigenvalue weighted by molar-refractivity contribution is 0.0592. The Hall–Kier alpha value is -3.16. The predicted molar refractivity (Wildman–Crippen MR) is 107 cm³/mol. The Morgan fingerprint density at radius 3 is 2.62 bits per heavy atom. The van der Waals surface area contributed by atoms with Gasteiger partial charge in [-0.1, -0.05) is 35.9 Å². The number of carboxylic acid groups (broad SMARTS) is 1. The fourth-order valence-corrected chi connectivity index (χ4v) is 3.59. The monoisotopic (exact) mass is 411 g/mol. The Kier molecular flexibility index (Phi) is 5.08. The summed E-state index contributed by atoms with van der Waals surface area (Å²) in [5, 5.41) is 24.1. The van der Waals surface area contributed by atoms with Crippen molar-refractivity contribution in [2.45, 2.75) is 12.6 Å². The zero-order valence-corrected chi connectivity index (χ0v) is 16.1. The highest BCUT2D eigenvalue weighted by molar-refractivity contribution is 6.30. The molecule has 1 atom stereocenters. The molecule has 3 aromatic rings. The maximum Gasteiger partial charge on any atom is 0.335 e. The smallest absolute Gasteiger partial charge is 0.335 e. The second-order valence-electron chi connectivity index (χ2n) is 6.89. The summed E-state index contributed by atoms with van der Waals surface area (Å²) in [4.78, 5) is 25.8. The van der Waals surface area contributed by atoms with Crippen LogP contribution in [0.5, 0.6) is 0 Å². The normalized spacial score (nSPS) is 16.0. The lowest BCUT2D eigenvalue weighted by Crippen LogP contribution is -2.43. The van der Waals surface area contributed by atoms with Crippen LogP contribution in [0.2, 0.25) is 5.02 Å². The van der Waals surface area contributed by atoms with Crippen molar-refractivity contribution in [3.8, 4) is 11.3 Å². The summed E-state index contributed by atoms with van der Waals surface area (Å²) in [6.07, 6.45) is 0. The minimum atomic E-state index is -1.02. The maximum atomic E-state index is 13.0. The molecule has 1 aromatic heterocycles. The van der Waals surface area contributed by atoms with Crippen LogP contribution in [0.1, 0.15) is 32.5 Å². The highest BCUT2D eigenvalue weighted by Crippen LogP contribution is 2.28. The van der Waals surface area contributed by atoms with E-state index in [9.17, 15) is 19.8 Å². The van der Waals surface area contributed by atoms with E-state index in [2.05, 4.69) is 5.10 Å². The maximum absolute atomic E-state index is 13.0. The van der Waals surface area contributed by atoms with Crippen molar-refractivity contribution in [3.63, 3.8) is 0 Å². The summed E-state index contributed by atoms with van der Waals surface area (Å²) in [5.74, 6) is -1.24. The van der Waals surface area contributed by atoms with Crippen LogP contribution in [0.3, 0.4) is 0 Å². The van der Waals surface area contributed by atoms with Crippen LogP contribution >= 0.6 is 11.6 Å². The number of benzene rings is 2. The Balaban J connectivity index is 1.65. The van der Waals surface area contributed by atoms with Gasteiger partial charge in [0, 0.05) is 23.7 Å². The number of hydrogen-bond acceptors (Lipinski definition) is 4. The van der Waals surface area contributed by atoms with Gasteiger partial charge in [-0.05, 0) is 35.9 Å². The molecule has 0 saturated heterocycles. The van der Waals surface area contributed by atoms with E-state index in [4.69, 9.17) is 11.6 Å². The van der Waals surface area contributed by atoms with Gasteiger partial charge in [-0.25, -0.2) is 4.79 Å². The Bertz CT molecular complexity index is 1080. The molecule has 0 aliphatic carbocycles. The van der Waals surface area contributed by atoms with Gasteiger partial charge < -0.3 is 15.1 Å². The van der Waals surface area contributed by atoms with Crippen LogP contribution < -0.4 is 0 Å². The Morgan fingerprint density at radius 2 is 1.93 bits per heavy atom. The van der Waals surface area contributed by atoms with Gasteiger partial charge in [0.05, 0.1) is 23.9 Å². The number of aromatic carboxylic acids is 1. The first-order valence-electron chi connectivity index (χ1n) is 9.04. The zero-order chi connectivity index (χ0) is 20.5. The van der Waals surface area contributed by atoms with E-state index >= 15 is 0 Å². The van der Waals surface area contributed by atoms with Gasteiger partial charge in [0.25, 0.3) is 5.91 Å². The molecule has 8 heteroatoms. The van der Waals surface area contributed by atoms with Crippen LogP contribution in [-0.4, -0.2) is 49.9 Å². The third-order valence-electron chi connectivity index (χ3n) is 4.92. The summed E-state index contributed by atoms with van der Waals surface area (Å²) >= 11 is 5.94. The fraction of sp³-hybridized carbons (Fsp3) is 0.190. The van der Waals surface area contributed by atoms with E-state index in [0.29, 0.717) is 22.0 Å². The standard InChI is InChI=1S/C21H18ClN3O4/c22-16-6-4-14(5-7-16)18-9-19-20(27)24(11-17(12-26)25(19)23-18)10-13-2-1-3-15(8-13)21(28)29/h1-9,17,26H,10-12H2,(H,28,29). The SMILES string of the molecule is O=C(O)c1cccc(CN2CC(CO)n3nc(-c4ccc(Cl)cc4)cc3C2=O)c1. The summed E-state index contributed by atoms with van der Waals surface area (Å²) in [6.45, 7) is 0.354. The summed E-state index contributed by atoms with van der Waals surface area (Å²) in [7, 11) is 0. The molecule has 1 unspecified atom stereocenters. The van der Waals surface area contributed by atoms with Crippen LogP contribution in [-0.2, 0) is 6.54 Å². The van der Waals surface area contributed by atoms with Gasteiger partial charge in [-0.15, -0.1) is 0 Å². The van der Waals surface area contributed by atoms with Gasteiger partial charge in [0.1, 0.15) is 5.69 Å². The first kappa shape index (κ1) is 19.2. The van der Waals surface area contributed by atoms with Crippen molar-refractivity contribution < 1.29 is 19.8 Å².